The summed E-state index contributed by atoms with van der Waals surface area (Å²) in [6.07, 6.45) is 2.86. The number of nitrogens with one attached hydrogen (secondary N) is 1. The third kappa shape index (κ3) is 2.72. The number of hydrogen-bond donors (Lipinski definition) is 2. The van der Waals surface area contributed by atoms with Crippen molar-refractivity contribution in [2.75, 3.05) is 6.54 Å². The lowest BCUT2D eigenvalue weighted by atomic mass is 10.1. The van der Waals surface area contributed by atoms with Gasteiger partial charge in [-0.2, -0.15) is 0 Å². The Bertz CT molecular complexity index is 241. The van der Waals surface area contributed by atoms with E-state index in [4.69, 9.17) is 0 Å². The molecular formula is C10H13NS. The average molecular weight is 179 g/mol. The predicted octanol–water partition coefficient (Wildman–Crippen LogP) is 2.31. The van der Waals surface area contributed by atoms with E-state index in [0.717, 1.165) is 18.5 Å². The molecule has 0 saturated carbocycles. The Morgan fingerprint density at radius 3 is 2.50 bits per heavy atom. The number of rotatable bonds is 4. The smallest absolute Gasteiger partial charge is 0.00966 e. The van der Waals surface area contributed by atoms with Crippen LogP contribution in [0.5, 0.6) is 0 Å². The Kier molecular flexibility index (Phi) is 3.91. The van der Waals surface area contributed by atoms with Gasteiger partial charge in [0, 0.05) is 6.54 Å². The molecule has 1 nitrogen and oxygen atoms in total. The molecule has 0 fully saturated rings. The van der Waals surface area contributed by atoms with Crippen molar-refractivity contribution < 1.29 is 0 Å². The van der Waals surface area contributed by atoms with E-state index in [-0.39, 0.29) is 0 Å². The SMILES string of the molecule is C=Cc1ccc(CCNS)cc1. The summed E-state index contributed by atoms with van der Waals surface area (Å²) < 4.78 is 2.82. The highest BCUT2D eigenvalue weighted by molar-refractivity contribution is 7.78. The monoisotopic (exact) mass is 179 g/mol. The van der Waals surface area contributed by atoms with Crippen LogP contribution in [-0.2, 0) is 6.42 Å². The van der Waals surface area contributed by atoms with Crippen LogP contribution in [0.3, 0.4) is 0 Å². The Balaban J connectivity index is 2.58. The maximum Gasteiger partial charge on any atom is 0.00966 e. The summed E-state index contributed by atoms with van der Waals surface area (Å²) in [5, 5.41) is 0. The molecule has 0 aliphatic rings. The fourth-order valence-electron chi connectivity index (χ4n) is 1.02. The zero-order valence-corrected chi connectivity index (χ0v) is 7.85. The summed E-state index contributed by atoms with van der Waals surface area (Å²) in [4.78, 5) is 0. The lowest BCUT2D eigenvalue weighted by Gasteiger charge is -2.00. The maximum absolute atomic E-state index is 3.92. The first-order valence-electron chi connectivity index (χ1n) is 3.95. The van der Waals surface area contributed by atoms with E-state index in [0.29, 0.717) is 0 Å². The number of hydrogen-bond acceptors (Lipinski definition) is 2. The van der Waals surface area contributed by atoms with Gasteiger partial charge in [-0.15, -0.1) is 0 Å². The quantitative estimate of drug-likeness (QED) is 0.676. The fraction of sp³-hybridized carbons (Fsp3) is 0.200. The molecule has 1 rings (SSSR count). The second-order valence-corrected chi connectivity index (χ2v) is 2.92. The minimum absolute atomic E-state index is 0.899. The van der Waals surface area contributed by atoms with Gasteiger partial charge >= 0.3 is 0 Å². The molecule has 64 valence electrons. The van der Waals surface area contributed by atoms with Gasteiger partial charge in [0.15, 0.2) is 0 Å². The third-order valence-corrected chi connectivity index (χ3v) is 1.96. The topological polar surface area (TPSA) is 12.0 Å². The first-order valence-corrected chi connectivity index (χ1v) is 4.40. The zero-order valence-electron chi connectivity index (χ0n) is 6.96. The van der Waals surface area contributed by atoms with E-state index < -0.39 is 0 Å². The molecule has 0 aliphatic heterocycles. The van der Waals surface area contributed by atoms with E-state index in [9.17, 15) is 0 Å². The molecule has 0 spiro atoms. The molecule has 0 atom stereocenters. The van der Waals surface area contributed by atoms with Gasteiger partial charge in [-0.1, -0.05) is 49.7 Å². The van der Waals surface area contributed by atoms with E-state index >= 15 is 0 Å². The van der Waals surface area contributed by atoms with Crippen molar-refractivity contribution in [3.8, 4) is 0 Å². The normalized spacial score (nSPS) is 9.75. The summed E-state index contributed by atoms with van der Waals surface area (Å²) in [5.41, 5.74) is 2.49. The highest BCUT2D eigenvalue weighted by Crippen LogP contribution is 2.05. The Labute approximate surface area is 79.0 Å². The van der Waals surface area contributed by atoms with Crippen LogP contribution in [0.4, 0.5) is 0 Å². The maximum atomic E-state index is 3.92. The third-order valence-electron chi connectivity index (χ3n) is 1.74. The van der Waals surface area contributed by atoms with Gasteiger partial charge < -0.3 is 0 Å². The standard InChI is InChI=1S/C10H13NS/c1-2-9-3-5-10(6-4-9)7-8-11-12/h2-6,11-12H,1,7-8H2. The molecule has 2 heteroatoms. The molecule has 0 unspecified atom stereocenters. The number of thiol groups is 1. The van der Waals surface area contributed by atoms with Crippen molar-refractivity contribution in [3.63, 3.8) is 0 Å². The highest BCUT2D eigenvalue weighted by Gasteiger charge is 1.90. The lowest BCUT2D eigenvalue weighted by molar-refractivity contribution is 0.913. The fourth-order valence-corrected chi connectivity index (χ4v) is 1.13. The largest absolute Gasteiger partial charge is 0.266 e. The molecule has 0 heterocycles. The molecule has 0 saturated heterocycles. The summed E-state index contributed by atoms with van der Waals surface area (Å²) in [7, 11) is 0. The molecule has 0 aromatic heterocycles. The van der Waals surface area contributed by atoms with Gasteiger partial charge in [-0.3, -0.25) is 4.72 Å². The molecule has 0 bridgehead atoms. The van der Waals surface area contributed by atoms with E-state index in [1.54, 1.807) is 0 Å². The molecule has 1 aromatic carbocycles. The Hall–Kier alpha value is -0.730. The van der Waals surface area contributed by atoms with Crippen LogP contribution < -0.4 is 4.72 Å². The van der Waals surface area contributed by atoms with Gasteiger partial charge in [0.25, 0.3) is 0 Å². The van der Waals surface area contributed by atoms with Crippen LogP contribution in [0.15, 0.2) is 30.8 Å². The minimum Gasteiger partial charge on any atom is -0.266 e. The second kappa shape index (κ2) is 5.01. The van der Waals surface area contributed by atoms with E-state index in [1.807, 2.05) is 6.08 Å². The Morgan fingerprint density at radius 1 is 1.33 bits per heavy atom. The number of benzene rings is 1. The summed E-state index contributed by atoms with van der Waals surface area (Å²) in [6.45, 7) is 4.60. The molecule has 1 N–H and O–H groups in total. The van der Waals surface area contributed by atoms with Crippen LogP contribution >= 0.6 is 12.8 Å². The van der Waals surface area contributed by atoms with Crippen molar-refractivity contribution >= 4 is 18.9 Å². The molecule has 0 aliphatic carbocycles. The van der Waals surface area contributed by atoms with Gasteiger partial charge in [-0.25, -0.2) is 0 Å². The predicted molar refractivity (Wildman–Crippen MR) is 57.2 cm³/mol. The first kappa shape index (κ1) is 9.36. The molecule has 0 radical (unpaired) electrons. The first-order chi connectivity index (χ1) is 5.86. The average Bonchev–Trinajstić information content (AvgIpc) is 2.15. The minimum atomic E-state index is 0.899. The zero-order chi connectivity index (χ0) is 8.81. The second-order valence-electron chi connectivity index (χ2n) is 2.60. The van der Waals surface area contributed by atoms with Crippen molar-refractivity contribution in [2.24, 2.45) is 0 Å². The van der Waals surface area contributed by atoms with Gasteiger partial charge in [0.1, 0.15) is 0 Å². The summed E-state index contributed by atoms with van der Waals surface area (Å²) in [6, 6.07) is 8.37. The van der Waals surface area contributed by atoms with Gasteiger partial charge in [0.05, 0.1) is 0 Å². The molecule has 0 amide bonds. The van der Waals surface area contributed by atoms with Crippen LogP contribution in [0.2, 0.25) is 0 Å². The van der Waals surface area contributed by atoms with Crippen LogP contribution in [0.1, 0.15) is 11.1 Å². The molecule has 12 heavy (non-hydrogen) atoms. The highest BCUT2D eigenvalue weighted by atomic mass is 32.1. The van der Waals surface area contributed by atoms with Crippen molar-refractivity contribution in [1.29, 1.82) is 0 Å². The van der Waals surface area contributed by atoms with Crippen LogP contribution in [0, 0.1) is 0 Å². The van der Waals surface area contributed by atoms with E-state index in [1.165, 1.54) is 5.56 Å². The summed E-state index contributed by atoms with van der Waals surface area (Å²) in [5.74, 6) is 0. The van der Waals surface area contributed by atoms with Gasteiger partial charge in [0.2, 0.25) is 0 Å². The lowest BCUT2D eigenvalue weighted by Crippen LogP contribution is -2.04. The Morgan fingerprint density at radius 2 is 2.00 bits per heavy atom. The van der Waals surface area contributed by atoms with Gasteiger partial charge in [-0.05, 0) is 17.5 Å². The van der Waals surface area contributed by atoms with Crippen molar-refractivity contribution in [1.82, 2.24) is 4.72 Å². The van der Waals surface area contributed by atoms with Crippen LogP contribution in [0.25, 0.3) is 6.08 Å². The van der Waals surface area contributed by atoms with Crippen molar-refractivity contribution in [3.05, 3.63) is 42.0 Å². The molecule has 1 aromatic rings. The van der Waals surface area contributed by atoms with Crippen LogP contribution in [-0.4, -0.2) is 6.54 Å². The van der Waals surface area contributed by atoms with E-state index in [2.05, 4.69) is 48.4 Å². The van der Waals surface area contributed by atoms with Crippen molar-refractivity contribution in [2.45, 2.75) is 6.42 Å². The summed E-state index contributed by atoms with van der Waals surface area (Å²) >= 11 is 3.92. The molecular weight excluding hydrogens is 166 g/mol.